The van der Waals surface area contributed by atoms with Gasteiger partial charge in [0.2, 0.25) is 0 Å². The fourth-order valence-corrected chi connectivity index (χ4v) is 3.06. The highest BCUT2D eigenvalue weighted by atomic mass is 14.3. The van der Waals surface area contributed by atoms with Crippen molar-refractivity contribution in [2.24, 2.45) is 17.8 Å². The first-order valence-electron chi connectivity index (χ1n) is 6.77. The Labute approximate surface area is 90.5 Å². The van der Waals surface area contributed by atoms with E-state index < -0.39 is 0 Å². The minimum absolute atomic E-state index is 0.997. The molecule has 0 heteroatoms. The molecule has 0 heterocycles. The van der Waals surface area contributed by atoms with Gasteiger partial charge in [0.05, 0.1) is 0 Å². The summed E-state index contributed by atoms with van der Waals surface area (Å²) in [5.74, 6) is 3.14. The van der Waals surface area contributed by atoms with Gasteiger partial charge in [-0.05, 0) is 30.6 Å². The first kappa shape index (κ1) is 12.1. The van der Waals surface area contributed by atoms with Crippen molar-refractivity contribution in [3.63, 3.8) is 0 Å². The van der Waals surface area contributed by atoms with Gasteiger partial charge in [0.15, 0.2) is 0 Å². The Morgan fingerprint density at radius 3 is 2.57 bits per heavy atom. The van der Waals surface area contributed by atoms with Crippen molar-refractivity contribution in [1.82, 2.24) is 0 Å². The third kappa shape index (κ3) is 3.63. The highest BCUT2D eigenvalue weighted by molar-refractivity contribution is 4.78. The molecule has 0 saturated heterocycles. The van der Waals surface area contributed by atoms with Crippen LogP contribution in [0.2, 0.25) is 0 Å². The molecule has 0 nitrogen and oxygen atoms in total. The van der Waals surface area contributed by atoms with Crippen molar-refractivity contribution in [3.05, 3.63) is 0 Å². The lowest BCUT2D eigenvalue weighted by Gasteiger charge is -2.19. The van der Waals surface area contributed by atoms with Crippen molar-refractivity contribution < 1.29 is 0 Å². The first-order chi connectivity index (χ1) is 6.77. The minimum atomic E-state index is 0.997. The van der Waals surface area contributed by atoms with Crippen LogP contribution in [0.5, 0.6) is 0 Å². The summed E-state index contributed by atoms with van der Waals surface area (Å²) in [6, 6.07) is 0. The van der Waals surface area contributed by atoms with E-state index in [9.17, 15) is 0 Å². The Balaban J connectivity index is 2.19. The van der Waals surface area contributed by atoms with Crippen molar-refractivity contribution in [2.75, 3.05) is 0 Å². The van der Waals surface area contributed by atoms with E-state index in [0.717, 1.165) is 17.8 Å². The Morgan fingerprint density at radius 1 is 1.14 bits per heavy atom. The van der Waals surface area contributed by atoms with E-state index in [1.165, 1.54) is 44.9 Å². The summed E-state index contributed by atoms with van der Waals surface area (Å²) >= 11 is 0. The topological polar surface area (TPSA) is 0 Å². The predicted molar refractivity (Wildman–Crippen MR) is 64.4 cm³/mol. The smallest absolute Gasteiger partial charge is 0.0386 e. The third-order valence-corrected chi connectivity index (χ3v) is 4.10. The van der Waals surface area contributed by atoms with Gasteiger partial charge in [-0.1, -0.05) is 59.3 Å². The monoisotopic (exact) mass is 196 g/mol. The zero-order chi connectivity index (χ0) is 10.4. The predicted octanol–water partition coefficient (Wildman–Crippen LogP) is 5.03. The minimum Gasteiger partial charge on any atom is -0.0654 e. The van der Waals surface area contributed by atoms with E-state index in [0.29, 0.717) is 0 Å². The molecule has 0 radical (unpaired) electrons. The fourth-order valence-electron chi connectivity index (χ4n) is 3.06. The highest BCUT2D eigenvalue weighted by Crippen LogP contribution is 2.39. The molecular formula is C14H28. The second-order valence-corrected chi connectivity index (χ2v) is 5.35. The summed E-state index contributed by atoms with van der Waals surface area (Å²) in [6.07, 6.45) is 11.7. The van der Waals surface area contributed by atoms with Crippen LogP contribution in [-0.4, -0.2) is 0 Å². The van der Waals surface area contributed by atoms with E-state index in [1.54, 1.807) is 6.42 Å². The molecule has 0 N–H and O–H groups in total. The maximum Gasteiger partial charge on any atom is -0.0386 e. The van der Waals surface area contributed by atoms with Crippen molar-refractivity contribution in [3.8, 4) is 0 Å². The van der Waals surface area contributed by atoms with Crippen LogP contribution in [0.3, 0.4) is 0 Å². The molecule has 1 fully saturated rings. The Hall–Kier alpha value is 0. The SMILES string of the molecule is CCCCC(C)C1CCC(CCC)C1. The van der Waals surface area contributed by atoms with Crippen molar-refractivity contribution in [1.29, 1.82) is 0 Å². The summed E-state index contributed by atoms with van der Waals surface area (Å²) in [4.78, 5) is 0. The summed E-state index contributed by atoms with van der Waals surface area (Å²) in [5.41, 5.74) is 0. The number of hydrogen-bond acceptors (Lipinski definition) is 0. The van der Waals surface area contributed by atoms with Gasteiger partial charge in [-0.25, -0.2) is 0 Å². The molecule has 0 bridgehead atoms. The average molecular weight is 196 g/mol. The van der Waals surface area contributed by atoms with Gasteiger partial charge in [0.1, 0.15) is 0 Å². The van der Waals surface area contributed by atoms with Crippen LogP contribution in [0.1, 0.15) is 72.1 Å². The lowest BCUT2D eigenvalue weighted by Crippen LogP contribution is -2.08. The largest absolute Gasteiger partial charge is 0.0654 e. The van der Waals surface area contributed by atoms with Gasteiger partial charge in [0, 0.05) is 0 Å². The molecule has 0 aromatic rings. The third-order valence-electron chi connectivity index (χ3n) is 4.10. The first-order valence-corrected chi connectivity index (χ1v) is 6.77. The van der Waals surface area contributed by atoms with E-state index in [1.807, 2.05) is 0 Å². The van der Waals surface area contributed by atoms with E-state index in [4.69, 9.17) is 0 Å². The summed E-state index contributed by atoms with van der Waals surface area (Å²) < 4.78 is 0. The Bertz CT molecular complexity index is 139. The van der Waals surface area contributed by atoms with Gasteiger partial charge in [-0.3, -0.25) is 0 Å². The molecule has 0 spiro atoms. The van der Waals surface area contributed by atoms with Crippen LogP contribution in [-0.2, 0) is 0 Å². The molecule has 0 aliphatic heterocycles. The van der Waals surface area contributed by atoms with Crippen molar-refractivity contribution in [2.45, 2.75) is 72.1 Å². The molecule has 0 aromatic heterocycles. The normalized spacial score (nSPS) is 29.4. The summed E-state index contributed by atoms with van der Waals surface area (Å²) in [7, 11) is 0. The number of unbranched alkanes of at least 4 members (excludes halogenated alkanes) is 1. The molecular weight excluding hydrogens is 168 g/mol. The van der Waals surface area contributed by atoms with Crippen molar-refractivity contribution >= 4 is 0 Å². The van der Waals surface area contributed by atoms with Crippen LogP contribution < -0.4 is 0 Å². The molecule has 84 valence electrons. The van der Waals surface area contributed by atoms with Crippen LogP contribution in [0.15, 0.2) is 0 Å². The van der Waals surface area contributed by atoms with Crippen LogP contribution in [0.25, 0.3) is 0 Å². The van der Waals surface area contributed by atoms with Crippen LogP contribution in [0, 0.1) is 17.8 Å². The zero-order valence-electron chi connectivity index (χ0n) is 10.4. The van der Waals surface area contributed by atoms with Gasteiger partial charge in [-0.2, -0.15) is 0 Å². The number of rotatable bonds is 6. The maximum atomic E-state index is 2.48. The molecule has 14 heavy (non-hydrogen) atoms. The van der Waals surface area contributed by atoms with Gasteiger partial charge in [0.25, 0.3) is 0 Å². The molecule has 1 rings (SSSR count). The van der Waals surface area contributed by atoms with E-state index in [2.05, 4.69) is 20.8 Å². The molecule has 0 aromatic carbocycles. The van der Waals surface area contributed by atoms with Gasteiger partial charge < -0.3 is 0 Å². The highest BCUT2D eigenvalue weighted by Gasteiger charge is 2.27. The molecule has 0 amide bonds. The molecule has 1 aliphatic rings. The molecule has 1 aliphatic carbocycles. The molecule has 1 saturated carbocycles. The standard InChI is InChI=1S/C14H28/c1-4-6-8-12(3)14-10-9-13(11-14)7-5-2/h12-14H,4-11H2,1-3H3. The average Bonchev–Trinajstić information content (AvgIpc) is 2.63. The Kier molecular flexibility index (Phi) is 5.59. The van der Waals surface area contributed by atoms with E-state index in [-0.39, 0.29) is 0 Å². The fraction of sp³-hybridized carbons (Fsp3) is 1.00. The van der Waals surface area contributed by atoms with Crippen LogP contribution >= 0.6 is 0 Å². The molecule has 3 atom stereocenters. The lowest BCUT2D eigenvalue weighted by atomic mass is 9.87. The summed E-state index contributed by atoms with van der Waals surface area (Å²) in [6.45, 7) is 7.11. The zero-order valence-corrected chi connectivity index (χ0v) is 10.4. The van der Waals surface area contributed by atoms with Gasteiger partial charge in [-0.15, -0.1) is 0 Å². The summed E-state index contributed by atoms with van der Waals surface area (Å²) in [5, 5.41) is 0. The molecule has 3 unspecified atom stereocenters. The Morgan fingerprint density at radius 2 is 1.93 bits per heavy atom. The number of hydrogen-bond donors (Lipinski definition) is 0. The van der Waals surface area contributed by atoms with Crippen LogP contribution in [0.4, 0.5) is 0 Å². The maximum absolute atomic E-state index is 2.48. The van der Waals surface area contributed by atoms with E-state index >= 15 is 0 Å². The quantitative estimate of drug-likeness (QED) is 0.559. The lowest BCUT2D eigenvalue weighted by molar-refractivity contribution is 0.323. The second kappa shape index (κ2) is 6.48. The van der Waals surface area contributed by atoms with Gasteiger partial charge >= 0.3 is 0 Å². The second-order valence-electron chi connectivity index (χ2n) is 5.35.